The van der Waals surface area contributed by atoms with Gasteiger partial charge < -0.3 is 0 Å². The minimum Gasteiger partial charge on any atom is -0.0985 e. The average Bonchev–Trinajstić information content (AvgIpc) is 2.35. The third kappa shape index (κ3) is 3.52. The van der Waals surface area contributed by atoms with E-state index in [1.807, 2.05) is 6.08 Å². The van der Waals surface area contributed by atoms with Crippen molar-refractivity contribution in [2.24, 2.45) is 0 Å². The smallest absolute Gasteiger partial charge is 0.0159 e. The molecule has 1 rings (SSSR count). The maximum Gasteiger partial charge on any atom is -0.0159 e. The third-order valence-corrected chi connectivity index (χ3v) is 3.30. The van der Waals surface area contributed by atoms with Crippen molar-refractivity contribution in [1.29, 1.82) is 0 Å². The summed E-state index contributed by atoms with van der Waals surface area (Å²) >= 11 is 0. The van der Waals surface area contributed by atoms with E-state index in [4.69, 9.17) is 0 Å². The molecular formula is C16H24. The zero-order valence-electron chi connectivity index (χ0n) is 10.7. The highest BCUT2D eigenvalue weighted by Crippen LogP contribution is 2.28. The second-order valence-corrected chi connectivity index (χ2v) is 4.43. The average molecular weight is 216 g/mol. The van der Waals surface area contributed by atoms with Gasteiger partial charge in [-0.15, -0.1) is 0 Å². The molecule has 0 spiro atoms. The van der Waals surface area contributed by atoms with E-state index in [2.05, 4.69) is 44.7 Å². The fourth-order valence-corrected chi connectivity index (χ4v) is 2.29. The third-order valence-electron chi connectivity index (χ3n) is 3.30. The molecular weight excluding hydrogens is 192 g/mol. The molecule has 0 heterocycles. The van der Waals surface area contributed by atoms with Crippen LogP contribution in [0.25, 0.3) is 6.08 Å². The Morgan fingerprint density at radius 2 is 1.94 bits per heavy atom. The van der Waals surface area contributed by atoms with Crippen LogP contribution in [0.1, 0.15) is 63.0 Å². The second kappa shape index (κ2) is 7.27. The van der Waals surface area contributed by atoms with Gasteiger partial charge in [0, 0.05) is 0 Å². The lowest BCUT2D eigenvalue weighted by Crippen LogP contribution is -1.99. The first-order valence-corrected chi connectivity index (χ1v) is 6.54. The maximum absolute atomic E-state index is 3.90. The topological polar surface area (TPSA) is 0 Å². The van der Waals surface area contributed by atoms with Crippen molar-refractivity contribution in [3.63, 3.8) is 0 Å². The summed E-state index contributed by atoms with van der Waals surface area (Å²) in [6.45, 7) is 8.46. The van der Waals surface area contributed by atoms with Gasteiger partial charge in [0.2, 0.25) is 0 Å². The lowest BCUT2D eigenvalue weighted by Gasteiger charge is -2.17. The van der Waals surface area contributed by atoms with E-state index in [0.29, 0.717) is 5.92 Å². The molecule has 0 saturated heterocycles. The van der Waals surface area contributed by atoms with E-state index < -0.39 is 0 Å². The lowest BCUT2D eigenvalue weighted by molar-refractivity contribution is 0.553. The molecule has 0 fully saturated rings. The monoisotopic (exact) mass is 216 g/mol. The summed E-state index contributed by atoms with van der Waals surface area (Å²) in [6, 6.07) is 8.67. The normalized spacial score (nSPS) is 12.4. The quantitative estimate of drug-likeness (QED) is 0.535. The van der Waals surface area contributed by atoms with Crippen molar-refractivity contribution >= 4 is 6.08 Å². The van der Waals surface area contributed by atoms with Crippen LogP contribution >= 0.6 is 0 Å². The number of benzene rings is 1. The lowest BCUT2D eigenvalue weighted by atomic mass is 9.88. The predicted molar refractivity (Wildman–Crippen MR) is 73.7 cm³/mol. The van der Waals surface area contributed by atoms with Gasteiger partial charge in [0.15, 0.2) is 0 Å². The molecule has 1 unspecified atom stereocenters. The molecule has 0 amide bonds. The summed E-state index contributed by atoms with van der Waals surface area (Å²) in [6.07, 6.45) is 8.54. The first-order chi connectivity index (χ1) is 7.83. The van der Waals surface area contributed by atoms with Crippen LogP contribution in [0.2, 0.25) is 0 Å². The minimum atomic E-state index is 0.709. The fourth-order valence-electron chi connectivity index (χ4n) is 2.29. The van der Waals surface area contributed by atoms with Crippen LogP contribution in [-0.4, -0.2) is 0 Å². The summed E-state index contributed by atoms with van der Waals surface area (Å²) in [5.41, 5.74) is 2.79. The molecule has 1 aromatic carbocycles. The standard InChI is InChI=1S/C16H24/c1-4-7-8-11-14(5-2)16-13-10-9-12-15(16)6-3/h6,9-10,12-14H,3-5,7-8,11H2,1-2H3. The van der Waals surface area contributed by atoms with Crippen LogP contribution in [0.4, 0.5) is 0 Å². The Morgan fingerprint density at radius 1 is 1.19 bits per heavy atom. The van der Waals surface area contributed by atoms with Crippen molar-refractivity contribution in [1.82, 2.24) is 0 Å². The molecule has 0 aromatic heterocycles. The van der Waals surface area contributed by atoms with E-state index in [9.17, 15) is 0 Å². The number of rotatable bonds is 7. The Labute approximate surface area is 100 Å². The molecule has 88 valence electrons. The van der Waals surface area contributed by atoms with Crippen molar-refractivity contribution in [3.8, 4) is 0 Å². The molecule has 0 aliphatic rings. The molecule has 0 heteroatoms. The highest BCUT2D eigenvalue weighted by Gasteiger charge is 2.11. The zero-order valence-corrected chi connectivity index (χ0v) is 10.7. The maximum atomic E-state index is 3.90. The van der Waals surface area contributed by atoms with Crippen LogP contribution < -0.4 is 0 Å². The van der Waals surface area contributed by atoms with Gasteiger partial charge in [-0.05, 0) is 29.9 Å². The molecule has 0 radical (unpaired) electrons. The SMILES string of the molecule is C=Cc1ccccc1C(CC)CCCCC. The summed E-state index contributed by atoms with van der Waals surface area (Å²) in [4.78, 5) is 0. The van der Waals surface area contributed by atoms with E-state index in [0.717, 1.165) is 0 Å². The van der Waals surface area contributed by atoms with E-state index >= 15 is 0 Å². The van der Waals surface area contributed by atoms with Crippen LogP contribution in [0.5, 0.6) is 0 Å². The number of hydrogen-bond acceptors (Lipinski definition) is 0. The summed E-state index contributed by atoms with van der Waals surface area (Å²) in [5, 5.41) is 0. The molecule has 0 N–H and O–H groups in total. The molecule has 0 aliphatic heterocycles. The molecule has 1 aromatic rings. The Morgan fingerprint density at radius 3 is 2.56 bits per heavy atom. The van der Waals surface area contributed by atoms with Crippen molar-refractivity contribution in [2.75, 3.05) is 0 Å². The molecule has 0 nitrogen and oxygen atoms in total. The Kier molecular flexibility index (Phi) is 5.92. The van der Waals surface area contributed by atoms with Gasteiger partial charge in [0.25, 0.3) is 0 Å². The molecule has 0 saturated carbocycles. The van der Waals surface area contributed by atoms with Gasteiger partial charge in [-0.1, -0.05) is 70.0 Å². The minimum absolute atomic E-state index is 0.709. The second-order valence-electron chi connectivity index (χ2n) is 4.43. The van der Waals surface area contributed by atoms with Crippen LogP contribution in [0, 0.1) is 0 Å². The summed E-state index contributed by atoms with van der Waals surface area (Å²) < 4.78 is 0. The van der Waals surface area contributed by atoms with E-state index in [1.165, 1.54) is 43.2 Å². The summed E-state index contributed by atoms with van der Waals surface area (Å²) in [7, 11) is 0. The van der Waals surface area contributed by atoms with Crippen molar-refractivity contribution < 1.29 is 0 Å². The predicted octanol–water partition coefficient (Wildman–Crippen LogP) is 5.40. The Hall–Kier alpha value is -1.04. The number of unbranched alkanes of at least 4 members (excludes halogenated alkanes) is 2. The van der Waals surface area contributed by atoms with Crippen LogP contribution in [0.3, 0.4) is 0 Å². The first kappa shape index (κ1) is 13.0. The molecule has 1 atom stereocenters. The Bertz CT molecular complexity index is 312. The van der Waals surface area contributed by atoms with Gasteiger partial charge >= 0.3 is 0 Å². The van der Waals surface area contributed by atoms with Gasteiger partial charge in [0.1, 0.15) is 0 Å². The summed E-state index contributed by atoms with van der Waals surface area (Å²) in [5.74, 6) is 0.709. The number of hydrogen-bond donors (Lipinski definition) is 0. The zero-order chi connectivity index (χ0) is 11.8. The molecule has 0 aliphatic carbocycles. The van der Waals surface area contributed by atoms with Crippen molar-refractivity contribution in [2.45, 2.75) is 51.9 Å². The van der Waals surface area contributed by atoms with Crippen LogP contribution in [0.15, 0.2) is 30.8 Å². The van der Waals surface area contributed by atoms with Gasteiger partial charge in [-0.25, -0.2) is 0 Å². The Balaban J connectivity index is 2.73. The fraction of sp³-hybridized carbons (Fsp3) is 0.500. The van der Waals surface area contributed by atoms with Crippen LogP contribution in [-0.2, 0) is 0 Å². The first-order valence-electron chi connectivity index (χ1n) is 6.54. The molecule has 0 bridgehead atoms. The van der Waals surface area contributed by atoms with Crippen molar-refractivity contribution in [3.05, 3.63) is 42.0 Å². The van der Waals surface area contributed by atoms with E-state index in [1.54, 1.807) is 0 Å². The van der Waals surface area contributed by atoms with Gasteiger partial charge in [-0.3, -0.25) is 0 Å². The highest BCUT2D eigenvalue weighted by atomic mass is 14.2. The van der Waals surface area contributed by atoms with Gasteiger partial charge in [0.05, 0.1) is 0 Å². The van der Waals surface area contributed by atoms with E-state index in [-0.39, 0.29) is 0 Å². The highest BCUT2D eigenvalue weighted by molar-refractivity contribution is 5.52. The molecule has 16 heavy (non-hydrogen) atoms. The largest absolute Gasteiger partial charge is 0.0985 e. The van der Waals surface area contributed by atoms with Gasteiger partial charge in [-0.2, -0.15) is 0 Å².